The summed E-state index contributed by atoms with van der Waals surface area (Å²) in [6.07, 6.45) is 1.64. The molecule has 0 saturated carbocycles. The molecule has 1 aromatic carbocycles. The monoisotopic (exact) mass is 297 g/mol. The van der Waals surface area contributed by atoms with Gasteiger partial charge in [-0.1, -0.05) is 15.9 Å². The van der Waals surface area contributed by atoms with Crippen LogP contribution in [0, 0.1) is 5.82 Å². The predicted octanol–water partition coefficient (Wildman–Crippen LogP) is 4.03. The summed E-state index contributed by atoms with van der Waals surface area (Å²) >= 11 is 3.40. The molecule has 17 heavy (non-hydrogen) atoms. The summed E-state index contributed by atoms with van der Waals surface area (Å²) in [5.41, 5.74) is 0.892. The van der Waals surface area contributed by atoms with Crippen LogP contribution in [0.25, 0.3) is 0 Å². The SMILES string of the molecule is C[C@@H](NCc1cc(F)ccc1Br)c1ccco1. The van der Waals surface area contributed by atoms with Crippen molar-refractivity contribution in [2.45, 2.75) is 19.5 Å². The molecule has 2 rings (SSSR count). The maximum Gasteiger partial charge on any atom is 0.123 e. The van der Waals surface area contributed by atoms with Gasteiger partial charge in [0.2, 0.25) is 0 Å². The van der Waals surface area contributed by atoms with E-state index in [4.69, 9.17) is 4.42 Å². The van der Waals surface area contributed by atoms with Crippen molar-refractivity contribution >= 4 is 15.9 Å². The summed E-state index contributed by atoms with van der Waals surface area (Å²) in [5.74, 6) is 0.646. The highest BCUT2D eigenvalue weighted by molar-refractivity contribution is 9.10. The van der Waals surface area contributed by atoms with Crippen LogP contribution in [-0.2, 0) is 6.54 Å². The lowest BCUT2D eigenvalue weighted by molar-refractivity contribution is 0.429. The van der Waals surface area contributed by atoms with Gasteiger partial charge in [-0.3, -0.25) is 0 Å². The summed E-state index contributed by atoms with van der Waals surface area (Å²) in [5, 5.41) is 3.28. The van der Waals surface area contributed by atoms with Gasteiger partial charge in [-0.05, 0) is 42.8 Å². The van der Waals surface area contributed by atoms with Crippen LogP contribution in [0.1, 0.15) is 24.3 Å². The second-order valence-corrected chi connectivity index (χ2v) is 4.71. The van der Waals surface area contributed by atoms with Gasteiger partial charge in [0.05, 0.1) is 12.3 Å². The molecule has 0 amide bonds. The van der Waals surface area contributed by atoms with E-state index in [1.54, 1.807) is 12.3 Å². The Balaban J connectivity index is 2.00. The van der Waals surface area contributed by atoms with Crippen molar-refractivity contribution in [1.29, 1.82) is 0 Å². The Hall–Kier alpha value is -1.13. The van der Waals surface area contributed by atoms with E-state index in [0.29, 0.717) is 6.54 Å². The number of furan rings is 1. The Morgan fingerprint density at radius 2 is 2.24 bits per heavy atom. The van der Waals surface area contributed by atoms with Crippen LogP contribution in [0.15, 0.2) is 45.5 Å². The minimum atomic E-state index is -0.226. The predicted molar refractivity (Wildman–Crippen MR) is 68.1 cm³/mol. The van der Waals surface area contributed by atoms with Crippen molar-refractivity contribution in [2.24, 2.45) is 0 Å². The first kappa shape index (κ1) is 12.3. The first-order valence-electron chi connectivity index (χ1n) is 5.37. The second-order valence-electron chi connectivity index (χ2n) is 3.85. The fourth-order valence-electron chi connectivity index (χ4n) is 1.58. The average Bonchev–Trinajstić information content (AvgIpc) is 2.83. The summed E-state index contributed by atoms with van der Waals surface area (Å²) in [4.78, 5) is 0. The van der Waals surface area contributed by atoms with Gasteiger partial charge in [0, 0.05) is 11.0 Å². The summed E-state index contributed by atoms with van der Waals surface area (Å²) < 4.78 is 19.3. The molecule has 2 aromatic rings. The molecule has 4 heteroatoms. The van der Waals surface area contributed by atoms with Crippen LogP contribution in [0.3, 0.4) is 0 Å². The quantitative estimate of drug-likeness (QED) is 0.922. The molecule has 0 fully saturated rings. The zero-order valence-electron chi connectivity index (χ0n) is 9.41. The highest BCUT2D eigenvalue weighted by Gasteiger charge is 2.08. The first-order chi connectivity index (χ1) is 8.16. The molecule has 0 radical (unpaired) electrons. The molecule has 2 nitrogen and oxygen atoms in total. The summed E-state index contributed by atoms with van der Waals surface area (Å²) in [6, 6.07) is 8.53. The molecule has 0 aliphatic carbocycles. The van der Waals surface area contributed by atoms with Gasteiger partial charge < -0.3 is 9.73 Å². The average molecular weight is 298 g/mol. The standard InChI is InChI=1S/C13H13BrFNO/c1-9(13-3-2-6-17-13)16-8-10-7-11(15)4-5-12(10)14/h2-7,9,16H,8H2,1H3/t9-/m1/s1. The van der Waals surface area contributed by atoms with Gasteiger partial charge in [0.25, 0.3) is 0 Å². The molecule has 0 aliphatic heterocycles. The number of hydrogen-bond acceptors (Lipinski definition) is 2. The van der Waals surface area contributed by atoms with E-state index in [2.05, 4.69) is 21.2 Å². The van der Waals surface area contributed by atoms with Crippen molar-refractivity contribution < 1.29 is 8.81 Å². The van der Waals surface area contributed by atoms with Gasteiger partial charge in [-0.2, -0.15) is 0 Å². The molecule has 1 aromatic heterocycles. The van der Waals surface area contributed by atoms with E-state index in [1.807, 2.05) is 19.1 Å². The third-order valence-corrected chi connectivity index (χ3v) is 3.35. The minimum absolute atomic E-state index is 0.0974. The van der Waals surface area contributed by atoms with Crippen LogP contribution >= 0.6 is 15.9 Å². The Bertz CT molecular complexity index is 484. The molecule has 1 N–H and O–H groups in total. The van der Waals surface area contributed by atoms with Crippen molar-refractivity contribution in [3.63, 3.8) is 0 Å². The van der Waals surface area contributed by atoms with E-state index in [9.17, 15) is 4.39 Å². The zero-order chi connectivity index (χ0) is 12.3. The van der Waals surface area contributed by atoms with Gasteiger partial charge in [-0.25, -0.2) is 4.39 Å². The molecular formula is C13H13BrFNO. The molecule has 0 unspecified atom stereocenters. The van der Waals surface area contributed by atoms with Gasteiger partial charge in [0.15, 0.2) is 0 Å². The van der Waals surface area contributed by atoms with E-state index in [0.717, 1.165) is 15.8 Å². The highest BCUT2D eigenvalue weighted by Crippen LogP contribution is 2.19. The molecule has 90 valence electrons. The van der Waals surface area contributed by atoms with Crippen molar-refractivity contribution in [1.82, 2.24) is 5.32 Å². The maximum absolute atomic E-state index is 13.1. The third kappa shape index (κ3) is 3.17. The molecule has 1 heterocycles. The molecule has 0 spiro atoms. The minimum Gasteiger partial charge on any atom is -0.468 e. The number of halogens is 2. The molecule has 1 atom stereocenters. The Morgan fingerprint density at radius 3 is 2.94 bits per heavy atom. The topological polar surface area (TPSA) is 25.2 Å². The molecular weight excluding hydrogens is 285 g/mol. The molecule has 0 aliphatic rings. The lowest BCUT2D eigenvalue weighted by Gasteiger charge is -2.12. The fraction of sp³-hybridized carbons (Fsp3) is 0.231. The number of rotatable bonds is 4. The second kappa shape index (κ2) is 5.47. The number of hydrogen-bond donors (Lipinski definition) is 1. The Labute approximate surface area is 108 Å². The zero-order valence-corrected chi connectivity index (χ0v) is 11.0. The van der Waals surface area contributed by atoms with Crippen molar-refractivity contribution in [3.05, 3.63) is 58.2 Å². The van der Waals surface area contributed by atoms with Crippen LogP contribution in [0.4, 0.5) is 4.39 Å². The highest BCUT2D eigenvalue weighted by atomic mass is 79.9. The smallest absolute Gasteiger partial charge is 0.123 e. The summed E-state index contributed by atoms with van der Waals surface area (Å²) in [6.45, 7) is 2.59. The molecule has 0 bridgehead atoms. The van der Waals surface area contributed by atoms with Crippen LogP contribution in [0.2, 0.25) is 0 Å². The van der Waals surface area contributed by atoms with Gasteiger partial charge >= 0.3 is 0 Å². The Kier molecular flexibility index (Phi) is 3.97. The lowest BCUT2D eigenvalue weighted by atomic mass is 10.2. The normalized spacial score (nSPS) is 12.6. The number of benzene rings is 1. The number of nitrogens with one attached hydrogen (secondary N) is 1. The van der Waals surface area contributed by atoms with E-state index < -0.39 is 0 Å². The Morgan fingerprint density at radius 1 is 1.41 bits per heavy atom. The van der Waals surface area contributed by atoms with Crippen molar-refractivity contribution in [2.75, 3.05) is 0 Å². The maximum atomic E-state index is 13.1. The largest absolute Gasteiger partial charge is 0.468 e. The van der Waals surface area contributed by atoms with Crippen LogP contribution in [-0.4, -0.2) is 0 Å². The van der Waals surface area contributed by atoms with E-state index in [-0.39, 0.29) is 11.9 Å². The first-order valence-corrected chi connectivity index (χ1v) is 6.17. The molecule has 0 saturated heterocycles. The van der Waals surface area contributed by atoms with Gasteiger partial charge in [-0.15, -0.1) is 0 Å². The fourth-order valence-corrected chi connectivity index (χ4v) is 1.97. The van der Waals surface area contributed by atoms with Crippen molar-refractivity contribution in [3.8, 4) is 0 Å². The van der Waals surface area contributed by atoms with Crippen LogP contribution < -0.4 is 5.32 Å². The third-order valence-electron chi connectivity index (χ3n) is 2.58. The lowest BCUT2D eigenvalue weighted by Crippen LogP contribution is -2.17. The van der Waals surface area contributed by atoms with Crippen LogP contribution in [0.5, 0.6) is 0 Å². The van der Waals surface area contributed by atoms with E-state index in [1.165, 1.54) is 12.1 Å². The summed E-state index contributed by atoms with van der Waals surface area (Å²) in [7, 11) is 0. The van der Waals surface area contributed by atoms with E-state index >= 15 is 0 Å². The van der Waals surface area contributed by atoms with Gasteiger partial charge in [0.1, 0.15) is 11.6 Å².